The van der Waals surface area contributed by atoms with Crippen LogP contribution in [0.3, 0.4) is 0 Å². The van der Waals surface area contributed by atoms with Gasteiger partial charge in [-0.1, -0.05) is 30.3 Å². The largest absolute Gasteiger partial charge is 0.508 e. The molecule has 3 rings (SSSR count). The fraction of sp³-hybridized carbons (Fsp3) is 0.458. The third kappa shape index (κ3) is 5.52. The molecule has 0 aromatic heterocycles. The number of methoxy groups -OCH3 is 2. The minimum Gasteiger partial charge on any atom is -0.508 e. The number of hydrogen-bond donors (Lipinski definition) is 1. The van der Waals surface area contributed by atoms with E-state index in [1.165, 1.54) is 5.56 Å². The molecule has 2 atom stereocenters. The van der Waals surface area contributed by atoms with E-state index >= 15 is 0 Å². The molecule has 1 heterocycles. The van der Waals surface area contributed by atoms with Gasteiger partial charge in [-0.05, 0) is 29.7 Å². The van der Waals surface area contributed by atoms with Crippen molar-refractivity contribution in [2.45, 2.75) is 19.4 Å². The average molecular weight is 413 g/mol. The number of phenols is 1. The van der Waals surface area contributed by atoms with E-state index in [0.717, 1.165) is 24.4 Å². The fourth-order valence-electron chi connectivity index (χ4n) is 4.27. The lowest BCUT2D eigenvalue weighted by molar-refractivity contribution is -0.130. The predicted octanol–water partition coefficient (Wildman–Crippen LogP) is 3.11. The molecule has 162 valence electrons. The summed E-state index contributed by atoms with van der Waals surface area (Å²) < 4.78 is 10.6. The normalized spacial score (nSPS) is 19.0. The number of carbonyl (C=O) groups is 1. The van der Waals surface area contributed by atoms with E-state index in [9.17, 15) is 9.90 Å². The van der Waals surface area contributed by atoms with Gasteiger partial charge in [-0.2, -0.15) is 0 Å². The minimum absolute atomic E-state index is 0.0654. The molecule has 1 aliphatic heterocycles. The Morgan fingerprint density at radius 2 is 1.97 bits per heavy atom. The van der Waals surface area contributed by atoms with Gasteiger partial charge in [-0.15, -0.1) is 0 Å². The third-order valence-electron chi connectivity index (χ3n) is 5.89. The Morgan fingerprint density at radius 1 is 1.17 bits per heavy atom. The number of rotatable bonds is 9. The topological polar surface area (TPSA) is 62.2 Å². The smallest absolute Gasteiger partial charge is 0.219 e. The molecular formula is C24H32N2O4. The molecule has 0 saturated carbocycles. The van der Waals surface area contributed by atoms with Crippen LogP contribution in [0.2, 0.25) is 0 Å². The number of nitrogens with zero attached hydrogens (tertiary/aromatic N) is 2. The van der Waals surface area contributed by atoms with Crippen LogP contribution in [0.25, 0.3) is 0 Å². The average Bonchev–Trinajstić information content (AvgIpc) is 3.15. The molecule has 2 aromatic rings. The number of ether oxygens (including phenoxy) is 2. The summed E-state index contributed by atoms with van der Waals surface area (Å²) in [6.45, 7) is 5.81. The number of carbonyl (C=O) groups excluding carboxylic acids is 1. The van der Waals surface area contributed by atoms with Crippen LogP contribution >= 0.6 is 0 Å². The molecule has 1 fully saturated rings. The summed E-state index contributed by atoms with van der Waals surface area (Å²) >= 11 is 0. The highest BCUT2D eigenvalue weighted by Crippen LogP contribution is 2.36. The van der Waals surface area contributed by atoms with Gasteiger partial charge in [0.15, 0.2) is 0 Å². The fourth-order valence-corrected chi connectivity index (χ4v) is 4.27. The Bertz CT molecular complexity index is 841. The van der Waals surface area contributed by atoms with Gasteiger partial charge in [0, 0.05) is 58.2 Å². The highest BCUT2D eigenvalue weighted by Gasteiger charge is 2.35. The first kappa shape index (κ1) is 22.1. The van der Waals surface area contributed by atoms with E-state index in [4.69, 9.17) is 9.47 Å². The monoisotopic (exact) mass is 412 g/mol. The van der Waals surface area contributed by atoms with Crippen LogP contribution in [-0.2, 0) is 16.1 Å². The van der Waals surface area contributed by atoms with Crippen LogP contribution in [0.1, 0.15) is 24.0 Å². The maximum Gasteiger partial charge on any atom is 0.219 e. The van der Waals surface area contributed by atoms with Crippen molar-refractivity contribution >= 4 is 5.91 Å². The maximum absolute atomic E-state index is 12.2. The maximum atomic E-state index is 12.2. The number of amides is 1. The van der Waals surface area contributed by atoms with Crippen molar-refractivity contribution in [2.24, 2.45) is 5.92 Å². The molecule has 0 aliphatic carbocycles. The van der Waals surface area contributed by atoms with Crippen molar-refractivity contribution in [2.75, 3.05) is 47.0 Å². The van der Waals surface area contributed by atoms with Crippen LogP contribution in [0.5, 0.6) is 11.5 Å². The molecule has 2 unspecified atom stereocenters. The lowest BCUT2D eigenvalue weighted by atomic mass is 9.88. The van der Waals surface area contributed by atoms with Gasteiger partial charge in [-0.25, -0.2) is 0 Å². The van der Waals surface area contributed by atoms with E-state index in [0.29, 0.717) is 32.0 Å². The molecule has 2 aromatic carbocycles. The zero-order valence-corrected chi connectivity index (χ0v) is 18.1. The second kappa shape index (κ2) is 10.5. The molecule has 0 bridgehead atoms. The lowest BCUT2D eigenvalue weighted by Crippen LogP contribution is -2.38. The van der Waals surface area contributed by atoms with Crippen LogP contribution in [0.15, 0.2) is 48.5 Å². The van der Waals surface area contributed by atoms with Gasteiger partial charge in [0.05, 0.1) is 13.7 Å². The summed E-state index contributed by atoms with van der Waals surface area (Å²) in [5, 5.41) is 10.2. The summed E-state index contributed by atoms with van der Waals surface area (Å²) in [7, 11) is 3.33. The van der Waals surface area contributed by atoms with Crippen molar-refractivity contribution < 1.29 is 19.4 Å². The minimum atomic E-state index is 0.0654. The number of aromatic hydroxyl groups is 1. The molecule has 0 spiro atoms. The number of benzene rings is 2. The lowest BCUT2D eigenvalue weighted by Gasteiger charge is -2.27. The number of hydrogen-bond acceptors (Lipinski definition) is 5. The number of likely N-dealkylation sites (tertiary alicyclic amines) is 1. The molecule has 1 aliphatic rings. The third-order valence-corrected chi connectivity index (χ3v) is 5.89. The Hall–Kier alpha value is -2.57. The highest BCUT2D eigenvalue weighted by atomic mass is 16.5. The molecule has 6 heteroatoms. The van der Waals surface area contributed by atoms with E-state index in [2.05, 4.69) is 17.0 Å². The predicted molar refractivity (Wildman–Crippen MR) is 117 cm³/mol. The second-order valence-corrected chi connectivity index (χ2v) is 7.92. The molecule has 1 amide bonds. The van der Waals surface area contributed by atoms with E-state index in [1.807, 2.05) is 35.2 Å². The van der Waals surface area contributed by atoms with E-state index in [1.54, 1.807) is 27.2 Å². The van der Waals surface area contributed by atoms with Crippen LogP contribution < -0.4 is 4.74 Å². The van der Waals surface area contributed by atoms with Crippen LogP contribution in [0, 0.1) is 5.92 Å². The van der Waals surface area contributed by atoms with Crippen LogP contribution in [-0.4, -0.2) is 67.8 Å². The Labute approximate surface area is 179 Å². The zero-order valence-electron chi connectivity index (χ0n) is 18.1. The Kier molecular flexibility index (Phi) is 7.71. The second-order valence-electron chi connectivity index (χ2n) is 7.92. The Balaban J connectivity index is 1.81. The molecule has 30 heavy (non-hydrogen) atoms. The Morgan fingerprint density at radius 3 is 2.67 bits per heavy atom. The van der Waals surface area contributed by atoms with Crippen LogP contribution in [0.4, 0.5) is 0 Å². The molecule has 1 saturated heterocycles. The van der Waals surface area contributed by atoms with Gasteiger partial charge in [0.25, 0.3) is 0 Å². The zero-order chi connectivity index (χ0) is 21.5. The first-order valence-corrected chi connectivity index (χ1v) is 10.4. The SMILES string of the molecule is COCCN(CC1CN(Cc2ccccc2O)CC1c1cccc(OC)c1)C(C)=O. The molecular weight excluding hydrogens is 380 g/mol. The summed E-state index contributed by atoms with van der Waals surface area (Å²) in [6.07, 6.45) is 0. The number of phenolic OH excluding ortho intramolecular Hbond substituents is 1. The van der Waals surface area contributed by atoms with E-state index in [-0.39, 0.29) is 17.7 Å². The standard InChI is InChI=1S/C24H32N2O4/c1-18(27)26(11-12-29-2)16-21-15-25(14-20-7-4-5-10-24(20)28)17-23(21)19-8-6-9-22(13-19)30-3/h4-10,13,21,23,28H,11-12,14-17H2,1-3H3. The molecule has 1 N–H and O–H groups in total. The van der Waals surface area contributed by atoms with Crippen molar-refractivity contribution in [1.29, 1.82) is 0 Å². The molecule has 0 radical (unpaired) electrons. The van der Waals surface area contributed by atoms with Gasteiger partial charge in [-0.3, -0.25) is 9.69 Å². The van der Waals surface area contributed by atoms with Crippen molar-refractivity contribution in [3.63, 3.8) is 0 Å². The first-order valence-electron chi connectivity index (χ1n) is 10.4. The summed E-state index contributed by atoms with van der Waals surface area (Å²) in [5.74, 6) is 1.78. The number of para-hydroxylation sites is 1. The van der Waals surface area contributed by atoms with Gasteiger partial charge in [0.2, 0.25) is 5.91 Å². The van der Waals surface area contributed by atoms with Crippen molar-refractivity contribution in [1.82, 2.24) is 9.80 Å². The first-order chi connectivity index (χ1) is 14.5. The summed E-state index contributed by atoms with van der Waals surface area (Å²) in [5.41, 5.74) is 2.14. The quantitative estimate of drug-likeness (QED) is 0.686. The van der Waals surface area contributed by atoms with Crippen molar-refractivity contribution in [3.05, 3.63) is 59.7 Å². The van der Waals surface area contributed by atoms with Gasteiger partial charge in [0.1, 0.15) is 11.5 Å². The summed E-state index contributed by atoms with van der Waals surface area (Å²) in [6, 6.07) is 15.7. The highest BCUT2D eigenvalue weighted by molar-refractivity contribution is 5.73. The summed E-state index contributed by atoms with van der Waals surface area (Å²) in [4.78, 5) is 16.4. The van der Waals surface area contributed by atoms with Gasteiger partial charge >= 0.3 is 0 Å². The van der Waals surface area contributed by atoms with E-state index < -0.39 is 0 Å². The molecule has 6 nitrogen and oxygen atoms in total. The van der Waals surface area contributed by atoms with Gasteiger partial charge < -0.3 is 19.5 Å². The van der Waals surface area contributed by atoms with Crippen molar-refractivity contribution in [3.8, 4) is 11.5 Å².